The Morgan fingerprint density at radius 3 is 2.62 bits per heavy atom. The highest BCUT2D eigenvalue weighted by atomic mass is 32.2. The Labute approximate surface area is 124 Å². The fourth-order valence-electron chi connectivity index (χ4n) is 1.87. The molecule has 0 saturated heterocycles. The summed E-state index contributed by atoms with van der Waals surface area (Å²) in [6.45, 7) is 1.74. The molecule has 21 heavy (non-hydrogen) atoms. The lowest BCUT2D eigenvalue weighted by Crippen LogP contribution is -2.26. The smallest absolute Gasteiger partial charge is 0.264 e. The number of benzene rings is 1. The molecule has 0 fully saturated rings. The fraction of sp³-hybridized carbons (Fsp3) is 0.200. The van der Waals surface area contributed by atoms with Crippen molar-refractivity contribution < 1.29 is 13.2 Å². The predicted molar refractivity (Wildman–Crippen MR) is 80.9 cm³/mol. The summed E-state index contributed by atoms with van der Waals surface area (Å²) in [5.74, 6) is -0.0870. The minimum atomic E-state index is -3.72. The van der Waals surface area contributed by atoms with Crippen molar-refractivity contribution in [2.45, 2.75) is 18.2 Å². The van der Waals surface area contributed by atoms with E-state index in [1.165, 1.54) is 25.4 Å². The van der Waals surface area contributed by atoms with E-state index in [1.54, 1.807) is 37.4 Å². The van der Waals surface area contributed by atoms with Crippen LogP contribution in [0.4, 0.5) is 5.69 Å². The summed E-state index contributed by atoms with van der Waals surface area (Å²) in [5.41, 5.74) is 0.864. The van der Waals surface area contributed by atoms with Crippen LogP contribution in [0.5, 0.6) is 0 Å². The normalized spacial score (nSPS) is 11.1. The summed E-state index contributed by atoms with van der Waals surface area (Å²) < 4.78 is 26.3. The van der Waals surface area contributed by atoms with Crippen LogP contribution in [0.15, 0.2) is 53.7 Å². The maximum atomic E-state index is 12.6. The van der Waals surface area contributed by atoms with Gasteiger partial charge in [0.1, 0.15) is 0 Å². The van der Waals surface area contributed by atoms with Crippen LogP contribution >= 0.6 is 0 Å². The van der Waals surface area contributed by atoms with Crippen molar-refractivity contribution in [3.8, 4) is 0 Å². The number of carbonyl (C=O) groups is 1. The molecule has 0 radical (unpaired) electrons. The number of rotatable bonds is 5. The molecular formula is C15H16N2O3S. The first-order valence-corrected chi connectivity index (χ1v) is 7.93. The monoisotopic (exact) mass is 304 g/mol. The summed E-state index contributed by atoms with van der Waals surface area (Å²) in [6, 6.07) is 9.41. The van der Waals surface area contributed by atoms with Crippen molar-refractivity contribution in [2.24, 2.45) is 0 Å². The van der Waals surface area contributed by atoms with E-state index < -0.39 is 10.0 Å². The van der Waals surface area contributed by atoms with Crippen LogP contribution in [-0.4, -0.2) is 26.2 Å². The highest BCUT2D eigenvalue weighted by Gasteiger charge is 2.22. The Bertz CT molecular complexity index is 743. The van der Waals surface area contributed by atoms with Crippen LogP contribution < -0.4 is 4.31 Å². The lowest BCUT2D eigenvalue weighted by atomic mass is 10.1. The van der Waals surface area contributed by atoms with E-state index in [0.717, 1.165) is 4.31 Å². The van der Waals surface area contributed by atoms with E-state index in [2.05, 4.69) is 4.98 Å². The first kappa shape index (κ1) is 15.2. The van der Waals surface area contributed by atoms with Crippen molar-refractivity contribution in [2.75, 3.05) is 11.4 Å². The van der Waals surface area contributed by atoms with Gasteiger partial charge in [-0.2, -0.15) is 0 Å². The molecule has 0 atom stereocenters. The molecule has 5 nitrogen and oxygen atoms in total. The minimum absolute atomic E-state index is 0.0870. The van der Waals surface area contributed by atoms with Crippen LogP contribution in [0.1, 0.15) is 23.7 Å². The molecule has 0 unspecified atom stereocenters. The molecule has 0 aliphatic rings. The molecule has 0 N–H and O–H groups in total. The topological polar surface area (TPSA) is 67.3 Å². The van der Waals surface area contributed by atoms with Crippen molar-refractivity contribution in [1.82, 2.24) is 4.98 Å². The van der Waals surface area contributed by atoms with Gasteiger partial charge in [0.2, 0.25) is 0 Å². The molecule has 0 spiro atoms. The van der Waals surface area contributed by atoms with Gasteiger partial charge in [-0.05, 0) is 24.3 Å². The zero-order valence-electron chi connectivity index (χ0n) is 11.9. The summed E-state index contributed by atoms with van der Waals surface area (Å²) in [4.78, 5) is 15.7. The fourth-order valence-corrected chi connectivity index (χ4v) is 3.10. The number of pyridine rings is 1. The largest absolute Gasteiger partial charge is 0.294 e. The molecule has 0 aliphatic heterocycles. The first-order valence-electron chi connectivity index (χ1n) is 6.49. The highest BCUT2D eigenvalue weighted by molar-refractivity contribution is 7.92. The van der Waals surface area contributed by atoms with Gasteiger partial charge in [-0.3, -0.25) is 14.1 Å². The molecule has 1 heterocycles. The number of anilines is 1. The maximum Gasteiger partial charge on any atom is 0.264 e. The van der Waals surface area contributed by atoms with E-state index in [9.17, 15) is 13.2 Å². The van der Waals surface area contributed by atoms with Crippen LogP contribution in [0.2, 0.25) is 0 Å². The second-order valence-corrected chi connectivity index (χ2v) is 6.46. The van der Waals surface area contributed by atoms with Crippen LogP contribution in [0.25, 0.3) is 0 Å². The van der Waals surface area contributed by atoms with Crippen molar-refractivity contribution >= 4 is 21.5 Å². The summed E-state index contributed by atoms with van der Waals surface area (Å²) in [6.07, 6.45) is 3.38. The maximum absolute atomic E-state index is 12.6. The van der Waals surface area contributed by atoms with Gasteiger partial charge in [0, 0.05) is 25.2 Å². The highest BCUT2D eigenvalue weighted by Crippen LogP contribution is 2.22. The predicted octanol–water partition coefficient (Wildman–Crippen LogP) is 2.50. The minimum Gasteiger partial charge on any atom is -0.294 e. The third-order valence-electron chi connectivity index (χ3n) is 3.15. The average molecular weight is 304 g/mol. The number of hydrogen-bond donors (Lipinski definition) is 0. The molecule has 1 aromatic carbocycles. The molecule has 2 aromatic rings. The van der Waals surface area contributed by atoms with Crippen molar-refractivity contribution in [3.05, 3.63) is 54.4 Å². The quantitative estimate of drug-likeness (QED) is 0.796. The summed E-state index contributed by atoms with van der Waals surface area (Å²) in [7, 11) is -2.26. The number of ketones is 1. The van der Waals surface area contributed by atoms with E-state index in [4.69, 9.17) is 0 Å². The van der Waals surface area contributed by atoms with Crippen LogP contribution in [0.3, 0.4) is 0 Å². The molecule has 0 bridgehead atoms. The lowest BCUT2D eigenvalue weighted by molar-refractivity contribution is 0.0988. The van der Waals surface area contributed by atoms with E-state index in [-0.39, 0.29) is 10.7 Å². The van der Waals surface area contributed by atoms with Gasteiger partial charge in [0.05, 0.1) is 16.8 Å². The molecule has 2 rings (SSSR count). The van der Waals surface area contributed by atoms with E-state index in [1.807, 2.05) is 0 Å². The molecule has 1 aromatic heterocycles. The average Bonchev–Trinajstić information content (AvgIpc) is 2.54. The van der Waals surface area contributed by atoms with Crippen molar-refractivity contribution in [3.63, 3.8) is 0 Å². The molecular weight excluding hydrogens is 288 g/mol. The number of nitrogens with zero attached hydrogens (tertiary/aromatic N) is 2. The summed E-state index contributed by atoms with van der Waals surface area (Å²) >= 11 is 0. The van der Waals surface area contributed by atoms with E-state index >= 15 is 0 Å². The number of Topliss-reactive ketones (excluding diaryl/α,β-unsaturated/α-hetero) is 1. The van der Waals surface area contributed by atoms with Gasteiger partial charge in [0.25, 0.3) is 10.0 Å². The van der Waals surface area contributed by atoms with Crippen LogP contribution in [0, 0.1) is 0 Å². The van der Waals surface area contributed by atoms with E-state index in [0.29, 0.717) is 17.7 Å². The van der Waals surface area contributed by atoms with Crippen LogP contribution in [-0.2, 0) is 10.0 Å². The zero-order chi connectivity index (χ0) is 15.5. The van der Waals surface area contributed by atoms with Gasteiger partial charge < -0.3 is 0 Å². The Kier molecular flexibility index (Phi) is 4.37. The molecule has 110 valence electrons. The Balaban J connectivity index is 2.43. The Hall–Kier alpha value is -2.21. The molecule has 0 amide bonds. The lowest BCUT2D eigenvalue weighted by Gasteiger charge is -2.19. The number of sulfonamides is 1. The molecule has 0 aliphatic carbocycles. The number of hydrogen-bond acceptors (Lipinski definition) is 4. The van der Waals surface area contributed by atoms with Gasteiger partial charge in [0.15, 0.2) is 5.78 Å². The van der Waals surface area contributed by atoms with Gasteiger partial charge in [-0.1, -0.05) is 19.1 Å². The third-order valence-corrected chi connectivity index (χ3v) is 4.93. The standard InChI is InChI=1S/C15H16N2O3S/c1-3-15(18)12-6-4-8-14(10-12)21(19,20)17(2)13-7-5-9-16-11-13/h4-11H,3H2,1-2H3. The zero-order valence-corrected chi connectivity index (χ0v) is 12.7. The second kappa shape index (κ2) is 6.05. The van der Waals surface area contributed by atoms with Gasteiger partial charge in [-0.25, -0.2) is 8.42 Å². The Morgan fingerprint density at radius 1 is 1.24 bits per heavy atom. The SMILES string of the molecule is CCC(=O)c1cccc(S(=O)(=O)N(C)c2cccnc2)c1. The first-order chi connectivity index (χ1) is 9.96. The summed E-state index contributed by atoms with van der Waals surface area (Å²) in [5, 5.41) is 0. The van der Waals surface area contributed by atoms with Gasteiger partial charge >= 0.3 is 0 Å². The number of carbonyl (C=O) groups excluding carboxylic acids is 1. The van der Waals surface area contributed by atoms with Gasteiger partial charge in [-0.15, -0.1) is 0 Å². The Morgan fingerprint density at radius 2 is 2.00 bits per heavy atom. The second-order valence-electron chi connectivity index (χ2n) is 4.49. The number of aromatic nitrogens is 1. The third kappa shape index (κ3) is 3.11. The van der Waals surface area contributed by atoms with Crippen molar-refractivity contribution in [1.29, 1.82) is 0 Å². The molecule has 6 heteroatoms. The molecule has 0 saturated carbocycles.